The highest BCUT2D eigenvalue weighted by atomic mass is 16.2. The van der Waals surface area contributed by atoms with Crippen molar-refractivity contribution in [3.63, 3.8) is 0 Å². The van der Waals surface area contributed by atoms with Crippen LogP contribution in [0.3, 0.4) is 0 Å². The van der Waals surface area contributed by atoms with Crippen LogP contribution < -0.4 is 10.6 Å². The van der Waals surface area contributed by atoms with E-state index < -0.39 is 17.7 Å². The molecular weight excluding hydrogens is 332 g/mol. The van der Waals surface area contributed by atoms with Crippen molar-refractivity contribution in [2.24, 2.45) is 5.92 Å². The second-order valence-electron chi connectivity index (χ2n) is 6.21. The van der Waals surface area contributed by atoms with Crippen LogP contribution in [0.25, 0.3) is 22.4 Å². The minimum atomic E-state index is -0.667. The predicted molar refractivity (Wildman–Crippen MR) is 96.0 cm³/mol. The van der Waals surface area contributed by atoms with Gasteiger partial charge in [-0.05, 0) is 24.3 Å². The van der Waals surface area contributed by atoms with Crippen molar-refractivity contribution in [3.8, 4) is 11.4 Å². The normalized spacial score (nSPS) is 15.1. The number of nitrogens with zero attached hydrogens (tertiary/aromatic N) is 1. The summed E-state index contributed by atoms with van der Waals surface area (Å²) in [4.78, 5) is 43.3. The topological polar surface area (TPSA) is 104 Å². The molecule has 3 aromatic rings. The second kappa shape index (κ2) is 6.44. The van der Waals surface area contributed by atoms with E-state index in [9.17, 15) is 14.4 Å². The van der Waals surface area contributed by atoms with Crippen LogP contribution in [0.4, 0.5) is 5.69 Å². The number of hydrogen-bond acceptors (Lipinski definition) is 4. The summed E-state index contributed by atoms with van der Waals surface area (Å²) >= 11 is 0. The molecule has 7 heteroatoms. The van der Waals surface area contributed by atoms with E-state index in [0.29, 0.717) is 11.5 Å². The van der Waals surface area contributed by atoms with Gasteiger partial charge in [0, 0.05) is 18.4 Å². The van der Waals surface area contributed by atoms with E-state index >= 15 is 0 Å². The van der Waals surface area contributed by atoms with Gasteiger partial charge in [0.25, 0.3) is 0 Å². The van der Waals surface area contributed by atoms with E-state index in [4.69, 9.17) is 0 Å². The highest BCUT2D eigenvalue weighted by molar-refractivity contribution is 6.05. The molecule has 130 valence electrons. The number of rotatable bonds is 3. The number of H-pyrrole nitrogens is 1. The van der Waals surface area contributed by atoms with Crippen molar-refractivity contribution in [2.75, 3.05) is 5.32 Å². The highest BCUT2D eigenvalue weighted by Crippen LogP contribution is 2.28. The summed E-state index contributed by atoms with van der Waals surface area (Å²) in [5.74, 6) is -1.23. The molecule has 1 aliphatic rings. The van der Waals surface area contributed by atoms with Crippen LogP contribution in [-0.2, 0) is 14.4 Å². The number of fused-ring (bicyclic) bond motifs is 1. The zero-order valence-electron chi connectivity index (χ0n) is 13.8. The molecule has 0 spiro atoms. The van der Waals surface area contributed by atoms with Gasteiger partial charge < -0.3 is 10.3 Å². The summed E-state index contributed by atoms with van der Waals surface area (Å²) in [7, 11) is 0. The van der Waals surface area contributed by atoms with Crippen LogP contribution in [0.15, 0.2) is 48.5 Å². The Balaban J connectivity index is 1.62. The van der Waals surface area contributed by atoms with Gasteiger partial charge >= 0.3 is 0 Å². The molecule has 2 heterocycles. The third kappa shape index (κ3) is 3.06. The fraction of sp³-hybridized carbons (Fsp3) is 0.158. The first-order valence-electron chi connectivity index (χ1n) is 8.28. The van der Waals surface area contributed by atoms with Crippen LogP contribution >= 0.6 is 0 Å². The minimum absolute atomic E-state index is 0.00434. The lowest BCUT2D eigenvalue weighted by molar-refractivity contribution is -0.138. The van der Waals surface area contributed by atoms with E-state index in [1.807, 2.05) is 36.4 Å². The first-order valence-corrected chi connectivity index (χ1v) is 8.28. The van der Waals surface area contributed by atoms with Gasteiger partial charge in [-0.1, -0.05) is 24.3 Å². The fourth-order valence-electron chi connectivity index (χ4n) is 3.08. The van der Waals surface area contributed by atoms with Crippen LogP contribution in [0, 0.1) is 5.92 Å². The van der Waals surface area contributed by atoms with Gasteiger partial charge in [0.05, 0.1) is 22.6 Å². The molecule has 4 rings (SSSR count). The van der Waals surface area contributed by atoms with Crippen LogP contribution in [-0.4, -0.2) is 27.7 Å². The number of amides is 3. The maximum absolute atomic E-state index is 12.5. The standard InChI is InChI=1S/C19H16N4O3/c24-16-9-11(10-17(25)23-16)19(26)22-13-6-2-1-5-12(13)18-20-14-7-3-4-8-15(14)21-18/h1-8,11H,9-10H2,(H,20,21)(H,22,26)(H,23,24,25). The molecule has 3 N–H and O–H groups in total. The molecule has 0 saturated carbocycles. The number of hydrogen-bond donors (Lipinski definition) is 3. The van der Waals surface area contributed by atoms with Crippen LogP contribution in [0.1, 0.15) is 12.8 Å². The molecule has 1 aliphatic heterocycles. The molecule has 2 aromatic carbocycles. The molecule has 0 unspecified atom stereocenters. The Labute approximate surface area is 148 Å². The summed E-state index contributed by atoms with van der Waals surface area (Å²) in [6.45, 7) is 0. The Morgan fingerprint density at radius 2 is 1.69 bits per heavy atom. The van der Waals surface area contributed by atoms with E-state index in [0.717, 1.165) is 16.6 Å². The molecule has 0 atom stereocenters. The number of piperidine rings is 1. The largest absolute Gasteiger partial charge is 0.338 e. The number of carbonyl (C=O) groups excluding carboxylic acids is 3. The Bertz CT molecular complexity index is 975. The summed E-state index contributed by atoms with van der Waals surface area (Å²) in [6, 6.07) is 14.9. The number of imide groups is 1. The number of imidazole rings is 1. The maximum Gasteiger partial charge on any atom is 0.228 e. The zero-order chi connectivity index (χ0) is 18.1. The molecule has 7 nitrogen and oxygen atoms in total. The SMILES string of the molecule is O=C1CC(C(=O)Nc2ccccc2-c2nc3ccccc3[nH]2)CC(=O)N1. The molecule has 0 aliphatic carbocycles. The third-order valence-corrected chi connectivity index (χ3v) is 4.34. The second-order valence-corrected chi connectivity index (χ2v) is 6.21. The average molecular weight is 348 g/mol. The lowest BCUT2D eigenvalue weighted by atomic mass is 9.96. The van der Waals surface area contributed by atoms with Gasteiger partial charge in [0.1, 0.15) is 5.82 Å². The van der Waals surface area contributed by atoms with E-state index in [-0.39, 0.29) is 18.7 Å². The molecular formula is C19H16N4O3. The molecule has 1 saturated heterocycles. The van der Waals surface area contributed by atoms with Crippen molar-refractivity contribution in [1.29, 1.82) is 0 Å². The number of benzene rings is 2. The third-order valence-electron chi connectivity index (χ3n) is 4.34. The van der Waals surface area contributed by atoms with E-state index in [1.165, 1.54) is 0 Å². The molecule has 0 bridgehead atoms. The maximum atomic E-state index is 12.5. The van der Waals surface area contributed by atoms with Crippen molar-refractivity contribution in [3.05, 3.63) is 48.5 Å². The molecule has 1 aromatic heterocycles. The summed E-state index contributed by atoms with van der Waals surface area (Å²) in [6.07, 6.45) is 0.00869. The quantitative estimate of drug-likeness (QED) is 0.631. The Morgan fingerprint density at radius 3 is 2.46 bits per heavy atom. The summed E-state index contributed by atoms with van der Waals surface area (Å²) in [5, 5.41) is 5.04. The molecule has 1 fully saturated rings. The molecule has 3 amide bonds. The predicted octanol–water partition coefficient (Wildman–Crippen LogP) is 2.22. The monoisotopic (exact) mass is 348 g/mol. The molecule has 0 radical (unpaired) electrons. The molecule has 26 heavy (non-hydrogen) atoms. The average Bonchev–Trinajstić information content (AvgIpc) is 3.05. The Hall–Kier alpha value is -3.48. The smallest absolute Gasteiger partial charge is 0.228 e. The number of aromatic nitrogens is 2. The van der Waals surface area contributed by atoms with Gasteiger partial charge in [0.2, 0.25) is 17.7 Å². The first kappa shape index (κ1) is 16.0. The van der Waals surface area contributed by atoms with Crippen molar-refractivity contribution in [2.45, 2.75) is 12.8 Å². The number of anilines is 1. The summed E-state index contributed by atoms with van der Waals surface area (Å²) in [5.41, 5.74) is 3.05. The lowest BCUT2D eigenvalue weighted by Gasteiger charge is -2.20. The van der Waals surface area contributed by atoms with Crippen molar-refractivity contribution < 1.29 is 14.4 Å². The number of carbonyl (C=O) groups is 3. The van der Waals surface area contributed by atoms with Gasteiger partial charge in [-0.3, -0.25) is 19.7 Å². The van der Waals surface area contributed by atoms with Gasteiger partial charge in [-0.2, -0.15) is 0 Å². The number of aromatic amines is 1. The van der Waals surface area contributed by atoms with Crippen molar-refractivity contribution >= 4 is 34.4 Å². The number of nitrogens with one attached hydrogen (secondary N) is 3. The summed E-state index contributed by atoms with van der Waals surface area (Å²) < 4.78 is 0. The number of para-hydroxylation sites is 3. The minimum Gasteiger partial charge on any atom is -0.338 e. The van der Waals surface area contributed by atoms with E-state index in [2.05, 4.69) is 20.6 Å². The van der Waals surface area contributed by atoms with E-state index in [1.54, 1.807) is 12.1 Å². The van der Waals surface area contributed by atoms with Crippen molar-refractivity contribution in [1.82, 2.24) is 15.3 Å². The van der Waals surface area contributed by atoms with Gasteiger partial charge in [-0.15, -0.1) is 0 Å². The fourth-order valence-corrected chi connectivity index (χ4v) is 3.08. The zero-order valence-corrected chi connectivity index (χ0v) is 13.8. The van der Waals surface area contributed by atoms with Crippen LogP contribution in [0.2, 0.25) is 0 Å². The van der Waals surface area contributed by atoms with Gasteiger partial charge in [0.15, 0.2) is 0 Å². The highest BCUT2D eigenvalue weighted by Gasteiger charge is 2.30. The lowest BCUT2D eigenvalue weighted by Crippen LogP contribution is -2.42. The van der Waals surface area contributed by atoms with Gasteiger partial charge in [-0.25, -0.2) is 4.98 Å². The Morgan fingerprint density at radius 1 is 1.00 bits per heavy atom. The Kier molecular flexibility index (Phi) is 3.96. The first-order chi connectivity index (χ1) is 12.6. The van der Waals surface area contributed by atoms with Crippen LogP contribution in [0.5, 0.6) is 0 Å².